The Morgan fingerprint density at radius 1 is 1.42 bits per heavy atom. The fourth-order valence-electron chi connectivity index (χ4n) is 2.52. The van der Waals surface area contributed by atoms with Crippen LogP contribution < -0.4 is 5.32 Å². The first-order valence-corrected chi connectivity index (χ1v) is 7.48. The molecule has 1 N–H and O–H groups in total. The predicted molar refractivity (Wildman–Crippen MR) is 94.4 cm³/mol. The van der Waals surface area contributed by atoms with Gasteiger partial charge in [-0.2, -0.15) is 4.98 Å². The molecular formula is C15H21Cl2N5O2. The molecule has 3 rings (SSSR count). The number of rotatable bonds is 4. The molecule has 0 spiro atoms. The quantitative estimate of drug-likeness (QED) is 0.878. The van der Waals surface area contributed by atoms with Crippen molar-refractivity contribution in [3.05, 3.63) is 30.3 Å². The van der Waals surface area contributed by atoms with Crippen LogP contribution in [-0.2, 0) is 11.2 Å². The Morgan fingerprint density at radius 2 is 2.25 bits per heavy atom. The molecule has 1 amide bonds. The van der Waals surface area contributed by atoms with E-state index in [9.17, 15) is 4.79 Å². The standard InChI is InChI=1S/C15H19N5O2.2ClH/c1-11-10-16-8-9-20(11)14(21)6-5-13-18-15(19-22-13)12-4-2-3-7-17-12;;/h2-4,7,11,16H,5-6,8-10H2,1H3;2*1H/t11-;;/m1../s1. The molecule has 1 aliphatic rings. The van der Waals surface area contributed by atoms with Gasteiger partial charge < -0.3 is 14.7 Å². The van der Waals surface area contributed by atoms with Crippen molar-refractivity contribution >= 4 is 30.7 Å². The van der Waals surface area contributed by atoms with Crippen LogP contribution in [0, 0.1) is 0 Å². The number of aromatic nitrogens is 3. The number of halogens is 2. The minimum Gasteiger partial charge on any atom is -0.339 e. The van der Waals surface area contributed by atoms with Gasteiger partial charge in [-0.05, 0) is 19.1 Å². The van der Waals surface area contributed by atoms with Gasteiger partial charge in [0, 0.05) is 44.7 Å². The van der Waals surface area contributed by atoms with E-state index in [0.29, 0.717) is 30.3 Å². The highest BCUT2D eigenvalue weighted by Gasteiger charge is 2.23. The molecule has 9 heteroatoms. The molecule has 7 nitrogen and oxygen atoms in total. The number of nitrogens with zero attached hydrogens (tertiary/aromatic N) is 4. The summed E-state index contributed by atoms with van der Waals surface area (Å²) in [6, 6.07) is 5.75. The Hall–Kier alpha value is -1.70. The lowest BCUT2D eigenvalue weighted by atomic mass is 10.2. The molecule has 132 valence electrons. The number of carbonyl (C=O) groups is 1. The number of carbonyl (C=O) groups excluding carboxylic acids is 1. The van der Waals surface area contributed by atoms with Crippen LogP contribution >= 0.6 is 24.8 Å². The number of hydrogen-bond acceptors (Lipinski definition) is 6. The van der Waals surface area contributed by atoms with E-state index in [0.717, 1.165) is 19.6 Å². The normalized spacial score (nSPS) is 16.9. The summed E-state index contributed by atoms with van der Waals surface area (Å²) >= 11 is 0. The van der Waals surface area contributed by atoms with Crippen molar-refractivity contribution in [2.24, 2.45) is 0 Å². The van der Waals surface area contributed by atoms with Crippen molar-refractivity contribution in [1.29, 1.82) is 0 Å². The highest BCUT2D eigenvalue weighted by Crippen LogP contribution is 2.13. The van der Waals surface area contributed by atoms with Crippen LogP contribution in [0.2, 0.25) is 0 Å². The molecule has 24 heavy (non-hydrogen) atoms. The summed E-state index contributed by atoms with van der Waals surface area (Å²) in [6.07, 6.45) is 2.52. The molecular weight excluding hydrogens is 353 g/mol. The molecule has 0 saturated carbocycles. The Kier molecular flexibility index (Phi) is 8.10. The van der Waals surface area contributed by atoms with Gasteiger partial charge in [0.05, 0.1) is 0 Å². The molecule has 1 atom stereocenters. The lowest BCUT2D eigenvalue weighted by Crippen LogP contribution is -2.52. The first kappa shape index (κ1) is 20.3. The summed E-state index contributed by atoms with van der Waals surface area (Å²) in [5, 5.41) is 7.18. The second kappa shape index (κ2) is 9.56. The van der Waals surface area contributed by atoms with Gasteiger partial charge in [-0.3, -0.25) is 9.78 Å². The summed E-state index contributed by atoms with van der Waals surface area (Å²) in [6.45, 7) is 4.50. The van der Waals surface area contributed by atoms with Crippen LogP contribution in [-0.4, -0.2) is 51.6 Å². The van der Waals surface area contributed by atoms with E-state index in [-0.39, 0.29) is 36.8 Å². The van der Waals surface area contributed by atoms with Crippen molar-refractivity contribution in [2.75, 3.05) is 19.6 Å². The third-order valence-electron chi connectivity index (χ3n) is 3.74. The molecule has 0 aromatic carbocycles. The smallest absolute Gasteiger partial charge is 0.227 e. The number of amides is 1. The SMILES string of the molecule is C[C@@H]1CNCCN1C(=O)CCc1nc(-c2ccccn2)no1.Cl.Cl. The first-order valence-electron chi connectivity index (χ1n) is 7.48. The maximum absolute atomic E-state index is 12.3. The van der Waals surface area contributed by atoms with Crippen LogP contribution in [0.15, 0.2) is 28.9 Å². The van der Waals surface area contributed by atoms with Gasteiger partial charge in [-0.15, -0.1) is 24.8 Å². The highest BCUT2D eigenvalue weighted by atomic mass is 35.5. The summed E-state index contributed by atoms with van der Waals surface area (Å²) in [7, 11) is 0. The van der Waals surface area contributed by atoms with Gasteiger partial charge in [0.25, 0.3) is 0 Å². The Labute approximate surface area is 153 Å². The molecule has 1 aliphatic heterocycles. The zero-order chi connectivity index (χ0) is 15.4. The molecule has 2 aromatic rings. The Bertz CT molecular complexity index is 638. The van der Waals surface area contributed by atoms with Crippen molar-refractivity contribution in [2.45, 2.75) is 25.8 Å². The first-order chi connectivity index (χ1) is 10.7. The Balaban J connectivity index is 0.00000144. The number of nitrogens with one attached hydrogen (secondary N) is 1. The molecule has 0 radical (unpaired) electrons. The van der Waals surface area contributed by atoms with Crippen molar-refractivity contribution in [1.82, 2.24) is 25.3 Å². The lowest BCUT2D eigenvalue weighted by molar-refractivity contribution is -0.134. The van der Waals surface area contributed by atoms with Crippen LogP contribution in [0.3, 0.4) is 0 Å². The molecule has 1 saturated heterocycles. The number of hydrogen-bond donors (Lipinski definition) is 1. The van der Waals surface area contributed by atoms with Gasteiger partial charge in [0.15, 0.2) is 0 Å². The van der Waals surface area contributed by atoms with E-state index in [1.807, 2.05) is 23.1 Å². The van der Waals surface area contributed by atoms with E-state index in [1.165, 1.54) is 0 Å². The molecule has 2 aromatic heterocycles. The van der Waals surface area contributed by atoms with E-state index < -0.39 is 0 Å². The monoisotopic (exact) mass is 373 g/mol. The summed E-state index contributed by atoms with van der Waals surface area (Å²) in [5.41, 5.74) is 0.666. The molecule has 1 fully saturated rings. The van der Waals surface area contributed by atoms with Crippen LogP contribution in [0.5, 0.6) is 0 Å². The minimum atomic E-state index is 0. The second-order valence-electron chi connectivity index (χ2n) is 5.37. The van der Waals surface area contributed by atoms with Crippen LogP contribution in [0.1, 0.15) is 19.2 Å². The third kappa shape index (κ3) is 4.90. The fourth-order valence-corrected chi connectivity index (χ4v) is 2.52. The average molecular weight is 374 g/mol. The maximum atomic E-state index is 12.3. The third-order valence-corrected chi connectivity index (χ3v) is 3.74. The van der Waals surface area contributed by atoms with E-state index >= 15 is 0 Å². The summed E-state index contributed by atoms with van der Waals surface area (Å²) < 4.78 is 5.20. The van der Waals surface area contributed by atoms with E-state index in [2.05, 4.69) is 27.4 Å². The summed E-state index contributed by atoms with van der Waals surface area (Å²) in [4.78, 5) is 22.6. The van der Waals surface area contributed by atoms with Crippen molar-refractivity contribution in [3.63, 3.8) is 0 Å². The minimum absolute atomic E-state index is 0. The van der Waals surface area contributed by atoms with Gasteiger partial charge in [-0.1, -0.05) is 11.2 Å². The van der Waals surface area contributed by atoms with Crippen molar-refractivity contribution in [3.8, 4) is 11.5 Å². The molecule has 0 bridgehead atoms. The number of pyridine rings is 1. The predicted octanol–water partition coefficient (Wildman–Crippen LogP) is 1.73. The molecule has 0 unspecified atom stereocenters. The van der Waals surface area contributed by atoms with Crippen LogP contribution in [0.25, 0.3) is 11.5 Å². The Morgan fingerprint density at radius 3 is 2.96 bits per heavy atom. The maximum Gasteiger partial charge on any atom is 0.227 e. The van der Waals surface area contributed by atoms with Gasteiger partial charge in [0.2, 0.25) is 17.6 Å². The van der Waals surface area contributed by atoms with Gasteiger partial charge in [-0.25, -0.2) is 0 Å². The van der Waals surface area contributed by atoms with E-state index in [1.54, 1.807) is 6.20 Å². The average Bonchev–Trinajstić information content (AvgIpc) is 3.03. The molecule has 0 aliphatic carbocycles. The number of piperazine rings is 1. The highest BCUT2D eigenvalue weighted by molar-refractivity contribution is 5.85. The zero-order valence-corrected chi connectivity index (χ0v) is 15.0. The van der Waals surface area contributed by atoms with E-state index in [4.69, 9.17) is 4.52 Å². The van der Waals surface area contributed by atoms with Crippen molar-refractivity contribution < 1.29 is 9.32 Å². The van der Waals surface area contributed by atoms with Crippen LogP contribution in [0.4, 0.5) is 0 Å². The second-order valence-corrected chi connectivity index (χ2v) is 5.37. The molecule has 3 heterocycles. The summed E-state index contributed by atoms with van der Waals surface area (Å²) in [5.74, 6) is 1.06. The van der Waals surface area contributed by atoms with Gasteiger partial charge >= 0.3 is 0 Å². The largest absolute Gasteiger partial charge is 0.339 e. The fraction of sp³-hybridized carbons (Fsp3) is 0.467. The van der Waals surface area contributed by atoms with Gasteiger partial charge in [0.1, 0.15) is 5.69 Å². The lowest BCUT2D eigenvalue weighted by Gasteiger charge is -2.34. The topological polar surface area (TPSA) is 84.2 Å². The zero-order valence-electron chi connectivity index (χ0n) is 13.3. The number of aryl methyl sites for hydroxylation is 1.